The molecule has 1 aliphatic rings. The number of carboxylic acids is 1. The number of carbonyl (C=O) groups excluding carboxylic acids is 1. The van der Waals surface area contributed by atoms with Crippen LogP contribution in [0.5, 0.6) is 0 Å². The minimum absolute atomic E-state index is 0.0593. The molecule has 1 aromatic carbocycles. The normalized spacial score (nSPS) is 13.4. The second-order valence-electron chi connectivity index (χ2n) is 10.7. The molecule has 22 heteroatoms. The van der Waals surface area contributed by atoms with Crippen LogP contribution in [0.3, 0.4) is 0 Å². The Labute approximate surface area is 277 Å². The lowest BCUT2D eigenvalue weighted by molar-refractivity contribution is -0.339. The number of alkyl halides is 9. The molecule has 0 saturated carbocycles. The second kappa shape index (κ2) is 19.1. The van der Waals surface area contributed by atoms with E-state index in [4.69, 9.17) is 29.7 Å². The number of carbonyl (C=O) groups is 4. The summed E-state index contributed by atoms with van der Waals surface area (Å²) >= 11 is 0. The minimum Gasteiger partial charge on any atom is -0.483 e. The quantitative estimate of drug-likeness (QED) is 0.206. The molecule has 1 aliphatic heterocycles. The maximum atomic E-state index is 12.6. The molecule has 1 fully saturated rings. The molecule has 1 amide bonds. The Balaban J connectivity index is 0.000000938. The van der Waals surface area contributed by atoms with Crippen LogP contribution in [0.25, 0.3) is 5.65 Å². The van der Waals surface area contributed by atoms with Crippen LogP contribution in [-0.2, 0) is 19.8 Å². The molecule has 4 N–H and O–H groups in total. The number of aliphatic carboxylic acids is 1. The van der Waals surface area contributed by atoms with Gasteiger partial charge in [0.05, 0.1) is 6.20 Å². The van der Waals surface area contributed by atoms with Gasteiger partial charge in [0.15, 0.2) is 11.5 Å². The van der Waals surface area contributed by atoms with Gasteiger partial charge in [0, 0.05) is 31.7 Å². The number of hydrogen-bond acceptors (Lipinski definition) is 8. The molecule has 3 aromatic rings. The summed E-state index contributed by atoms with van der Waals surface area (Å²) < 4.78 is 96.1. The van der Waals surface area contributed by atoms with Crippen LogP contribution >= 0.6 is 0 Å². The van der Waals surface area contributed by atoms with Gasteiger partial charge in [-0.25, -0.2) is 14.3 Å². The van der Waals surface area contributed by atoms with Crippen molar-refractivity contribution in [2.75, 3.05) is 43.4 Å². The van der Waals surface area contributed by atoms with E-state index in [1.54, 1.807) is 10.7 Å². The van der Waals surface area contributed by atoms with Crippen molar-refractivity contribution in [2.24, 2.45) is 0 Å². The van der Waals surface area contributed by atoms with E-state index in [2.05, 4.69) is 53.0 Å². The van der Waals surface area contributed by atoms with Crippen LogP contribution < -0.4 is 10.2 Å². The van der Waals surface area contributed by atoms with E-state index in [-0.39, 0.29) is 24.3 Å². The SMILES string of the molecule is CN1CCN(c2ccc3nc(NC(=O)c4ccc(C(C)(C)C)cc4)cn3n2)CC1.FC(F)(F)C(F)(F)F.O=C(O)C(F)(F)F.O=CO.O=CO. The summed E-state index contributed by atoms with van der Waals surface area (Å²) in [6, 6.07) is 11.6. The lowest BCUT2D eigenvalue weighted by Gasteiger charge is -2.32. The first-order chi connectivity index (χ1) is 22.8. The third kappa shape index (κ3) is 15.8. The smallest absolute Gasteiger partial charge is 0.483 e. The molecular formula is C28H33F9N6O7. The number of nitrogens with one attached hydrogen (secondary N) is 1. The number of anilines is 2. The molecule has 280 valence electrons. The van der Waals surface area contributed by atoms with E-state index >= 15 is 0 Å². The van der Waals surface area contributed by atoms with Gasteiger partial charge in [-0.2, -0.15) is 39.5 Å². The van der Waals surface area contributed by atoms with Crippen LogP contribution in [0.1, 0.15) is 36.7 Å². The molecule has 0 spiro atoms. The number of likely N-dealkylation sites (N-methyl/N-ethyl adjacent to an activating group) is 1. The van der Waals surface area contributed by atoms with Crippen LogP contribution in [0.15, 0.2) is 42.6 Å². The molecule has 3 heterocycles. The van der Waals surface area contributed by atoms with Gasteiger partial charge in [0.25, 0.3) is 18.9 Å². The Morgan fingerprint density at radius 1 is 0.800 bits per heavy atom. The molecule has 0 radical (unpaired) electrons. The van der Waals surface area contributed by atoms with Gasteiger partial charge in [-0.15, -0.1) is 5.10 Å². The first-order valence-corrected chi connectivity index (χ1v) is 13.6. The Bertz CT molecular complexity index is 1500. The van der Waals surface area contributed by atoms with Gasteiger partial charge < -0.3 is 30.4 Å². The molecule has 2 aromatic heterocycles. The van der Waals surface area contributed by atoms with Gasteiger partial charge in [-0.3, -0.25) is 14.4 Å². The fourth-order valence-corrected chi connectivity index (χ4v) is 3.45. The molecule has 0 unspecified atom stereocenters. The highest BCUT2D eigenvalue weighted by atomic mass is 19.5. The fourth-order valence-electron chi connectivity index (χ4n) is 3.45. The lowest BCUT2D eigenvalue weighted by Crippen LogP contribution is -2.44. The zero-order chi connectivity index (χ0) is 39.1. The zero-order valence-corrected chi connectivity index (χ0v) is 26.6. The van der Waals surface area contributed by atoms with E-state index < -0.39 is 24.5 Å². The summed E-state index contributed by atoms with van der Waals surface area (Å²) in [6.07, 6.45) is -15.4. The third-order valence-electron chi connectivity index (χ3n) is 5.95. The number of fused-ring (bicyclic) bond motifs is 1. The van der Waals surface area contributed by atoms with Crippen molar-refractivity contribution in [1.82, 2.24) is 19.5 Å². The third-order valence-corrected chi connectivity index (χ3v) is 5.95. The van der Waals surface area contributed by atoms with E-state index in [0.717, 1.165) is 32.0 Å². The highest BCUT2D eigenvalue weighted by Crippen LogP contribution is 2.36. The molecule has 0 atom stereocenters. The summed E-state index contributed by atoms with van der Waals surface area (Å²) in [6.45, 7) is 9.93. The standard InChI is InChI=1S/C22H28N6O.C2F6.C2HF3O2.2CH2O2/c1-22(2,3)17-7-5-16(6-8-17)21(29)24-18-15-28-19(23-18)9-10-20(25-28)27-13-11-26(4)12-14-27;3-1(4,5)2(6,7)8;3-2(4,5)1(6)7;2*2-1-3/h5-10,15H,11-14H2,1-4H3,(H,24,29);;(H,6,7);2*1H,(H,2,3). The van der Waals surface area contributed by atoms with Crippen molar-refractivity contribution in [3.8, 4) is 0 Å². The first-order valence-electron chi connectivity index (χ1n) is 13.6. The number of halogens is 9. The number of aromatic nitrogens is 3. The van der Waals surface area contributed by atoms with Crippen LogP contribution in [0, 0.1) is 0 Å². The highest BCUT2D eigenvalue weighted by Gasteiger charge is 2.58. The predicted molar refractivity (Wildman–Crippen MR) is 159 cm³/mol. The van der Waals surface area contributed by atoms with Crippen molar-refractivity contribution in [1.29, 1.82) is 0 Å². The van der Waals surface area contributed by atoms with Gasteiger partial charge in [0.2, 0.25) is 0 Å². The van der Waals surface area contributed by atoms with Crippen LogP contribution in [0.4, 0.5) is 51.1 Å². The Hall–Kier alpha value is -5.15. The second-order valence-corrected chi connectivity index (χ2v) is 10.7. The lowest BCUT2D eigenvalue weighted by atomic mass is 9.87. The van der Waals surface area contributed by atoms with Gasteiger partial charge in [-0.05, 0) is 42.3 Å². The Kier molecular flexibility index (Phi) is 17.2. The van der Waals surface area contributed by atoms with Crippen molar-refractivity contribution in [2.45, 2.75) is 44.7 Å². The molecule has 50 heavy (non-hydrogen) atoms. The zero-order valence-electron chi connectivity index (χ0n) is 26.6. The van der Waals surface area contributed by atoms with Crippen molar-refractivity contribution in [3.05, 3.63) is 53.7 Å². The van der Waals surface area contributed by atoms with Crippen molar-refractivity contribution >= 4 is 42.1 Å². The predicted octanol–water partition coefficient (Wildman–Crippen LogP) is 5.18. The van der Waals surface area contributed by atoms with Crippen molar-refractivity contribution < 1.29 is 74.0 Å². The molecule has 4 rings (SSSR count). The number of rotatable bonds is 3. The first kappa shape index (κ1) is 44.9. The van der Waals surface area contributed by atoms with Crippen LogP contribution in [0.2, 0.25) is 0 Å². The average Bonchev–Trinajstić information content (AvgIpc) is 3.39. The molecule has 0 bridgehead atoms. The summed E-state index contributed by atoms with van der Waals surface area (Å²) in [7, 11) is 2.13. The van der Waals surface area contributed by atoms with Gasteiger partial charge >= 0.3 is 24.5 Å². The molecule has 1 saturated heterocycles. The maximum absolute atomic E-state index is 12.6. The number of piperazine rings is 1. The Morgan fingerprint density at radius 2 is 1.24 bits per heavy atom. The highest BCUT2D eigenvalue weighted by molar-refractivity contribution is 6.03. The van der Waals surface area contributed by atoms with E-state index in [9.17, 15) is 44.3 Å². The fraction of sp³-hybridized carbons (Fsp3) is 0.429. The van der Waals surface area contributed by atoms with E-state index in [1.165, 1.54) is 5.56 Å². The Morgan fingerprint density at radius 3 is 1.62 bits per heavy atom. The number of imidazole rings is 1. The van der Waals surface area contributed by atoms with Crippen molar-refractivity contribution in [3.63, 3.8) is 0 Å². The van der Waals surface area contributed by atoms with E-state index in [1.807, 2.05) is 36.4 Å². The average molecular weight is 737 g/mol. The monoisotopic (exact) mass is 736 g/mol. The molecular weight excluding hydrogens is 703 g/mol. The minimum atomic E-state index is -6.06. The number of benzene rings is 1. The number of carboxylic acid groups (broad SMARTS) is 3. The number of amides is 1. The van der Waals surface area contributed by atoms with Gasteiger partial charge in [-0.1, -0.05) is 32.9 Å². The van der Waals surface area contributed by atoms with Crippen LogP contribution in [-0.4, -0.2) is 111 Å². The summed E-state index contributed by atoms with van der Waals surface area (Å²) in [4.78, 5) is 47.3. The molecule has 0 aliphatic carbocycles. The molecule has 13 nitrogen and oxygen atoms in total. The van der Waals surface area contributed by atoms with E-state index in [0.29, 0.717) is 17.0 Å². The topological polar surface area (TPSA) is 178 Å². The van der Waals surface area contributed by atoms with Gasteiger partial charge in [0.1, 0.15) is 5.82 Å². The number of hydrogen-bond donors (Lipinski definition) is 4. The number of nitrogens with zero attached hydrogens (tertiary/aromatic N) is 5. The summed E-state index contributed by atoms with van der Waals surface area (Å²) in [5.41, 5.74) is 2.58. The largest absolute Gasteiger partial charge is 0.490 e. The maximum Gasteiger partial charge on any atom is 0.490 e. The summed E-state index contributed by atoms with van der Waals surface area (Å²) in [5, 5.41) is 28.5. The summed E-state index contributed by atoms with van der Waals surface area (Å²) in [5.74, 6) is -1.50.